The molecule has 0 radical (unpaired) electrons. The predicted molar refractivity (Wildman–Crippen MR) is 148 cm³/mol. The zero-order valence-corrected chi connectivity index (χ0v) is 21.7. The summed E-state index contributed by atoms with van der Waals surface area (Å²) in [5.41, 5.74) is 4.73. The molecule has 0 bridgehead atoms. The molecule has 3 atom stereocenters. The van der Waals surface area contributed by atoms with E-state index in [1.807, 2.05) is 0 Å². The molecule has 0 saturated carbocycles. The normalized spacial score (nSPS) is 17.9. The van der Waals surface area contributed by atoms with Crippen molar-refractivity contribution in [2.24, 2.45) is 0 Å². The van der Waals surface area contributed by atoms with Crippen molar-refractivity contribution >= 4 is 8.80 Å². The van der Waals surface area contributed by atoms with Crippen molar-refractivity contribution < 1.29 is 5.11 Å². The second kappa shape index (κ2) is 10.7. The van der Waals surface area contributed by atoms with Crippen molar-refractivity contribution in [1.82, 2.24) is 4.90 Å². The number of likely N-dealkylation sites (tertiary alicyclic amines) is 1. The largest absolute Gasteiger partial charge is 0.392 e. The van der Waals surface area contributed by atoms with Gasteiger partial charge in [-0.2, -0.15) is 0 Å². The summed E-state index contributed by atoms with van der Waals surface area (Å²) in [5.74, 6) is 0. The Morgan fingerprint density at radius 1 is 0.743 bits per heavy atom. The first-order chi connectivity index (χ1) is 17.2. The molecule has 4 aromatic rings. The van der Waals surface area contributed by atoms with Crippen LogP contribution in [0.4, 0.5) is 0 Å². The quantitative estimate of drug-likeness (QED) is 0.234. The molecule has 3 heteroatoms. The second-order valence-corrected chi connectivity index (χ2v) is 13.0. The van der Waals surface area contributed by atoms with E-state index in [0.717, 1.165) is 25.1 Å². The summed E-state index contributed by atoms with van der Waals surface area (Å²) < 4.78 is 0. The highest BCUT2D eigenvalue weighted by molar-refractivity contribution is 6.56. The maximum absolute atomic E-state index is 11.6. The van der Waals surface area contributed by atoms with Crippen LogP contribution in [0.5, 0.6) is 0 Å². The van der Waals surface area contributed by atoms with Crippen molar-refractivity contribution in [3.05, 3.63) is 144 Å². The second-order valence-electron chi connectivity index (χ2n) is 9.96. The zero-order valence-electron chi connectivity index (χ0n) is 20.5. The van der Waals surface area contributed by atoms with Gasteiger partial charge in [0.1, 0.15) is 0 Å². The Balaban J connectivity index is 1.51. The standard InChI is InChI=1S/C32H35NOSi/c1-35(24-26-14-6-2-7-15-26)25-31(34)30-22-23-33(30)32(27-16-8-3-9-17-27,28-18-10-4-11-19-28)29-20-12-5-13-21-29/h2-21,30-31,34-35H,22-25H2,1H3/t30-,31?,35?/m0/s1. The van der Waals surface area contributed by atoms with E-state index in [1.54, 1.807) is 0 Å². The minimum Gasteiger partial charge on any atom is -0.392 e. The molecule has 1 aliphatic rings. The number of hydrogen-bond donors (Lipinski definition) is 1. The molecule has 4 aromatic carbocycles. The Morgan fingerprint density at radius 2 is 1.17 bits per heavy atom. The monoisotopic (exact) mass is 477 g/mol. The molecule has 0 spiro atoms. The van der Waals surface area contributed by atoms with Gasteiger partial charge in [-0.25, -0.2) is 0 Å². The molecule has 1 fully saturated rings. The van der Waals surface area contributed by atoms with Gasteiger partial charge in [-0.05, 0) is 35.2 Å². The van der Waals surface area contributed by atoms with E-state index in [1.165, 1.54) is 22.3 Å². The highest BCUT2D eigenvalue weighted by Gasteiger charge is 2.50. The summed E-state index contributed by atoms with van der Waals surface area (Å²) in [6.45, 7) is 3.37. The first-order valence-electron chi connectivity index (χ1n) is 12.8. The summed E-state index contributed by atoms with van der Waals surface area (Å²) in [4.78, 5) is 2.57. The Hall–Kier alpha value is -2.98. The van der Waals surface area contributed by atoms with Gasteiger partial charge in [0.2, 0.25) is 0 Å². The number of aliphatic hydroxyl groups excluding tert-OH is 1. The van der Waals surface area contributed by atoms with Crippen LogP contribution >= 0.6 is 0 Å². The lowest BCUT2D eigenvalue weighted by Gasteiger charge is -2.56. The molecule has 2 unspecified atom stereocenters. The first-order valence-corrected chi connectivity index (χ1v) is 15.6. The summed E-state index contributed by atoms with van der Waals surface area (Å²) in [6.07, 6.45) is 0.714. The molecule has 5 rings (SSSR count). The summed E-state index contributed by atoms with van der Waals surface area (Å²) in [7, 11) is -1.10. The van der Waals surface area contributed by atoms with E-state index in [-0.39, 0.29) is 12.1 Å². The molecule has 1 aliphatic heterocycles. The van der Waals surface area contributed by atoms with E-state index in [4.69, 9.17) is 0 Å². The summed E-state index contributed by atoms with van der Waals surface area (Å²) >= 11 is 0. The molecule has 1 N–H and O–H groups in total. The van der Waals surface area contributed by atoms with E-state index >= 15 is 0 Å². The van der Waals surface area contributed by atoms with Crippen LogP contribution < -0.4 is 0 Å². The van der Waals surface area contributed by atoms with Gasteiger partial charge < -0.3 is 5.11 Å². The van der Waals surface area contributed by atoms with Crippen LogP contribution in [0.1, 0.15) is 28.7 Å². The van der Waals surface area contributed by atoms with Gasteiger partial charge in [-0.15, -0.1) is 0 Å². The van der Waals surface area contributed by atoms with Crippen LogP contribution in [0.25, 0.3) is 0 Å². The van der Waals surface area contributed by atoms with E-state index in [9.17, 15) is 5.11 Å². The number of aliphatic hydroxyl groups is 1. The van der Waals surface area contributed by atoms with Gasteiger partial charge in [-0.1, -0.05) is 133 Å². The first kappa shape index (κ1) is 23.7. The predicted octanol–water partition coefficient (Wildman–Crippen LogP) is 6.05. The van der Waals surface area contributed by atoms with E-state index < -0.39 is 14.3 Å². The Morgan fingerprint density at radius 3 is 1.57 bits per heavy atom. The lowest BCUT2D eigenvalue weighted by molar-refractivity contribution is -0.0523. The highest BCUT2D eigenvalue weighted by Crippen LogP contribution is 2.47. The fourth-order valence-electron chi connectivity index (χ4n) is 5.93. The van der Waals surface area contributed by atoms with Gasteiger partial charge in [0.25, 0.3) is 0 Å². The molecule has 2 nitrogen and oxygen atoms in total. The van der Waals surface area contributed by atoms with Crippen molar-refractivity contribution in [3.63, 3.8) is 0 Å². The van der Waals surface area contributed by atoms with E-state index in [0.29, 0.717) is 0 Å². The average molecular weight is 478 g/mol. The number of hydrogen-bond acceptors (Lipinski definition) is 2. The van der Waals surface area contributed by atoms with Crippen LogP contribution in [0.3, 0.4) is 0 Å². The van der Waals surface area contributed by atoms with Crippen LogP contribution in [-0.4, -0.2) is 37.5 Å². The average Bonchev–Trinajstić information content (AvgIpc) is 2.88. The van der Waals surface area contributed by atoms with Crippen molar-refractivity contribution in [2.75, 3.05) is 6.54 Å². The topological polar surface area (TPSA) is 23.5 Å². The molecular weight excluding hydrogens is 442 g/mol. The maximum atomic E-state index is 11.6. The van der Waals surface area contributed by atoms with Crippen molar-refractivity contribution in [2.45, 2.75) is 42.7 Å². The van der Waals surface area contributed by atoms with Crippen LogP contribution in [0.15, 0.2) is 121 Å². The van der Waals surface area contributed by atoms with Crippen molar-refractivity contribution in [3.8, 4) is 0 Å². The van der Waals surface area contributed by atoms with Gasteiger partial charge in [0, 0.05) is 21.4 Å². The van der Waals surface area contributed by atoms with Crippen LogP contribution in [0, 0.1) is 0 Å². The SMILES string of the molecule is C[SiH](Cc1ccccc1)CC(O)[C@@H]1CCN1C(c1ccccc1)(c1ccccc1)c1ccccc1. The minimum atomic E-state index is -1.10. The lowest BCUT2D eigenvalue weighted by atomic mass is 9.72. The number of benzene rings is 4. The van der Waals surface area contributed by atoms with Crippen molar-refractivity contribution in [1.29, 1.82) is 0 Å². The third-order valence-electron chi connectivity index (χ3n) is 7.59. The third-order valence-corrected chi connectivity index (χ3v) is 10.0. The maximum Gasteiger partial charge on any atom is 0.0976 e. The van der Waals surface area contributed by atoms with Gasteiger partial charge >= 0.3 is 0 Å². The number of rotatable bonds is 9. The molecular formula is C32H35NOSi. The third kappa shape index (κ3) is 4.77. The number of nitrogens with zero attached hydrogens (tertiary/aromatic N) is 1. The molecule has 35 heavy (non-hydrogen) atoms. The fourth-order valence-corrected chi connectivity index (χ4v) is 8.31. The molecule has 0 amide bonds. The molecule has 0 aromatic heterocycles. The fraction of sp³-hybridized carbons (Fsp3) is 0.250. The molecule has 178 valence electrons. The lowest BCUT2D eigenvalue weighted by Crippen LogP contribution is -2.64. The van der Waals surface area contributed by atoms with Gasteiger partial charge in [-0.3, -0.25) is 4.90 Å². The van der Waals surface area contributed by atoms with E-state index in [2.05, 4.69) is 133 Å². The van der Waals surface area contributed by atoms with Gasteiger partial charge in [0.05, 0.1) is 11.6 Å². The summed E-state index contributed by atoms with van der Waals surface area (Å²) in [5, 5.41) is 11.6. The smallest absolute Gasteiger partial charge is 0.0976 e. The minimum absolute atomic E-state index is 0.140. The Labute approximate surface area is 211 Å². The molecule has 1 heterocycles. The van der Waals surface area contributed by atoms with Gasteiger partial charge in [0.15, 0.2) is 0 Å². The molecule has 1 saturated heterocycles. The highest BCUT2D eigenvalue weighted by atomic mass is 28.3. The Kier molecular flexibility index (Phi) is 7.28. The summed E-state index contributed by atoms with van der Waals surface area (Å²) in [6, 6.07) is 45.5. The van der Waals surface area contributed by atoms with Crippen LogP contribution in [0.2, 0.25) is 12.6 Å². The molecule has 0 aliphatic carbocycles. The van der Waals surface area contributed by atoms with Crippen LogP contribution in [-0.2, 0) is 11.6 Å². The Bertz CT molecular complexity index is 1090. The zero-order chi connectivity index (χ0) is 24.1.